The molecular formula is C16H18N2O2. The molecule has 1 amide bonds. The van der Waals surface area contributed by atoms with Crippen LogP contribution in [0.5, 0.6) is 0 Å². The molecule has 4 heteroatoms. The molecule has 2 heterocycles. The lowest BCUT2D eigenvalue weighted by Crippen LogP contribution is -2.23. The number of furan rings is 1. The number of nitrogens with one attached hydrogen (secondary N) is 1. The third-order valence-electron chi connectivity index (χ3n) is 3.71. The number of fused-ring (bicyclic) bond motifs is 1. The third-order valence-corrected chi connectivity index (χ3v) is 3.71. The number of carbonyl (C=O) groups is 1. The second kappa shape index (κ2) is 5.13. The average molecular weight is 270 g/mol. The second-order valence-corrected chi connectivity index (χ2v) is 5.20. The van der Waals surface area contributed by atoms with Gasteiger partial charge in [-0.1, -0.05) is 12.1 Å². The van der Waals surface area contributed by atoms with E-state index in [1.54, 1.807) is 0 Å². The zero-order valence-corrected chi connectivity index (χ0v) is 11.5. The van der Waals surface area contributed by atoms with Crippen molar-refractivity contribution in [2.45, 2.75) is 25.8 Å². The van der Waals surface area contributed by atoms with Crippen LogP contribution < -0.4 is 11.1 Å². The molecular weight excluding hydrogens is 252 g/mol. The quantitative estimate of drug-likeness (QED) is 0.880. The molecule has 1 aromatic heterocycles. The first-order chi connectivity index (χ1) is 9.65. The molecule has 0 radical (unpaired) electrons. The van der Waals surface area contributed by atoms with Crippen LogP contribution in [-0.4, -0.2) is 12.5 Å². The normalized spacial score (nSPS) is 16.2. The Hall–Kier alpha value is -2.07. The van der Waals surface area contributed by atoms with Crippen LogP contribution in [0.4, 0.5) is 0 Å². The summed E-state index contributed by atoms with van der Waals surface area (Å²) in [6.07, 6.45) is 1.89. The minimum absolute atomic E-state index is 0.0119. The van der Waals surface area contributed by atoms with Crippen LogP contribution in [0, 0.1) is 6.92 Å². The van der Waals surface area contributed by atoms with Crippen LogP contribution >= 0.6 is 0 Å². The number of benzene rings is 1. The molecule has 0 fully saturated rings. The van der Waals surface area contributed by atoms with E-state index in [0.29, 0.717) is 0 Å². The highest BCUT2D eigenvalue weighted by Gasteiger charge is 2.19. The van der Waals surface area contributed by atoms with Crippen LogP contribution in [0.2, 0.25) is 0 Å². The summed E-state index contributed by atoms with van der Waals surface area (Å²) in [4.78, 5) is 12.0. The van der Waals surface area contributed by atoms with Crippen molar-refractivity contribution >= 4 is 5.91 Å². The molecule has 1 aliphatic heterocycles. The molecule has 2 aromatic rings. The lowest BCUT2D eigenvalue weighted by molar-refractivity contribution is 0.0956. The summed E-state index contributed by atoms with van der Waals surface area (Å²) >= 11 is 0. The van der Waals surface area contributed by atoms with Crippen LogP contribution in [-0.2, 0) is 6.42 Å². The Labute approximate surface area is 118 Å². The van der Waals surface area contributed by atoms with E-state index in [9.17, 15) is 4.79 Å². The number of hydrogen-bond acceptors (Lipinski definition) is 3. The fourth-order valence-electron chi connectivity index (χ4n) is 2.58. The molecule has 3 N–H and O–H groups in total. The fraction of sp³-hybridized carbons (Fsp3) is 0.312. The van der Waals surface area contributed by atoms with Gasteiger partial charge in [-0.2, -0.15) is 0 Å². The molecule has 0 aliphatic carbocycles. The third kappa shape index (κ3) is 2.34. The predicted octanol–water partition coefficient (Wildman–Crippen LogP) is 2.31. The highest BCUT2D eigenvalue weighted by atomic mass is 16.3. The molecule has 4 nitrogen and oxygen atoms in total. The van der Waals surface area contributed by atoms with E-state index in [-0.39, 0.29) is 11.9 Å². The molecule has 0 saturated carbocycles. The Bertz CT molecular complexity index is 646. The lowest BCUT2D eigenvalue weighted by Gasteiger charge is -2.12. The number of hydrogen-bond donors (Lipinski definition) is 2. The Balaban J connectivity index is 1.97. The van der Waals surface area contributed by atoms with Crippen molar-refractivity contribution in [1.82, 2.24) is 5.32 Å². The first-order valence-electron chi connectivity index (χ1n) is 6.88. The maximum Gasteiger partial charge on any atom is 0.251 e. The van der Waals surface area contributed by atoms with Gasteiger partial charge in [0, 0.05) is 12.1 Å². The Kier molecular flexibility index (Phi) is 3.32. The Morgan fingerprint density at radius 3 is 2.90 bits per heavy atom. The molecule has 1 atom stereocenters. The molecule has 104 valence electrons. The number of carbonyl (C=O) groups excluding carboxylic acids is 1. The van der Waals surface area contributed by atoms with Gasteiger partial charge in [0.2, 0.25) is 0 Å². The summed E-state index contributed by atoms with van der Waals surface area (Å²) in [5, 5.41) is 2.91. The molecule has 0 bridgehead atoms. The first kappa shape index (κ1) is 12.9. The molecule has 1 unspecified atom stereocenters. The van der Waals surface area contributed by atoms with Gasteiger partial charge in [0.1, 0.15) is 11.5 Å². The van der Waals surface area contributed by atoms with Gasteiger partial charge in [-0.05, 0) is 49.1 Å². The average Bonchev–Trinajstić information content (AvgIpc) is 2.80. The number of rotatable bonds is 2. The Morgan fingerprint density at radius 1 is 1.30 bits per heavy atom. The smallest absolute Gasteiger partial charge is 0.251 e. The maximum atomic E-state index is 12.0. The summed E-state index contributed by atoms with van der Waals surface area (Å²) in [6, 6.07) is 9.31. The van der Waals surface area contributed by atoms with Gasteiger partial charge >= 0.3 is 0 Å². The van der Waals surface area contributed by atoms with E-state index in [1.165, 1.54) is 0 Å². The van der Waals surface area contributed by atoms with Crippen molar-refractivity contribution in [2.75, 3.05) is 6.54 Å². The Morgan fingerprint density at radius 2 is 2.15 bits per heavy atom. The van der Waals surface area contributed by atoms with Gasteiger partial charge in [0.15, 0.2) is 0 Å². The number of nitrogens with two attached hydrogens (primary N) is 1. The zero-order chi connectivity index (χ0) is 14.1. The van der Waals surface area contributed by atoms with Crippen molar-refractivity contribution in [2.24, 2.45) is 5.73 Å². The highest BCUT2D eigenvalue weighted by Crippen LogP contribution is 2.25. The van der Waals surface area contributed by atoms with Crippen LogP contribution in [0.3, 0.4) is 0 Å². The van der Waals surface area contributed by atoms with Gasteiger partial charge in [0.05, 0.1) is 6.04 Å². The van der Waals surface area contributed by atoms with E-state index in [4.69, 9.17) is 10.2 Å². The topological polar surface area (TPSA) is 68.3 Å². The molecule has 20 heavy (non-hydrogen) atoms. The summed E-state index contributed by atoms with van der Waals surface area (Å²) < 4.78 is 5.57. The fourth-order valence-corrected chi connectivity index (χ4v) is 2.58. The minimum atomic E-state index is -0.343. The van der Waals surface area contributed by atoms with Crippen molar-refractivity contribution in [3.8, 4) is 0 Å². The number of amides is 1. The van der Waals surface area contributed by atoms with Crippen molar-refractivity contribution in [3.05, 3.63) is 58.5 Å². The number of aryl methyl sites for hydroxylation is 2. The van der Waals surface area contributed by atoms with Gasteiger partial charge < -0.3 is 15.5 Å². The first-order valence-corrected chi connectivity index (χ1v) is 6.88. The maximum absolute atomic E-state index is 12.0. The van der Waals surface area contributed by atoms with E-state index in [2.05, 4.69) is 5.32 Å². The van der Waals surface area contributed by atoms with Gasteiger partial charge in [-0.15, -0.1) is 0 Å². The molecule has 3 rings (SSSR count). The van der Waals surface area contributed by atoms with Crippen LogP contribution in [0.1, 0.15) is 45.5 Å². The van der Waals surface area contributed by atoms with Crippen molar-refractivity contribution in [1.29, 1.82) is 0 Å². The summed E-state index contributed by atoms with van der Waals surface area (Å²) in [6.45, 7) is 2.62. The van der Waals surface area contributed by atoms with Gasteiger partial charge in [0.25, 0.3) is 5.91 Å². The van der Waals surface area contributed by atoms with Crippen molar-refractivity contribution < 1.29 is 9.21 Å². The van der Waals surface area contributed by atoms with E-state index >= 15 is 0 Å². The SMILES string of the molecule is Cc1ccc(C(N)c2ccc3c(c2)C(=O)NCCC3)o1. The van der Waals surface area contributed by atoms with Crippen LogP contribution in [0.15, 0.2) is 34.7 Å². The molecule has 1 aromatic carbocycles. The van der Waals surface area contributed by atoms with Gasteiger partial charge in [-0.3, -0.25) is 4.79 Å². The van der Waals surface area contributed by atoms with E-state index in [0.717, 1.165) is 47.6 Å². The predicted molar refractivity (Wildman–Crippen MR) is 76.6 cm³/mol. The largest absolute Gasteiger partial charge is 0.464 e. The lowest BCUT2D eigenvalue weighted by atomic mass is 9.97. The van der Waals surface area contributed by atoms with E-state index < -0.39 is 0 Å². The molecule has 0 spiro atoms. The van der Waals surface area contributed by atoms with Crippen LogP contribution in [0.25, 0.3) is 0 Å². The van der Waals surface area contributed by atoms with E-state index in [1.807, 2.05) is 37.3 Å². The van der Waals surface area contributed by atoms with Crippen molar-refractivity contribution in [3.63, 3.8) is 0 Å². The summed E-state index contributed by atoms with van der Waals surface area (Å²) in [5.41, 5.74) is 8.94. The molecule has 1 aliphatic rings. The highest BCUT2D eigenvalue weighted by molar-refractivity contribution is 5.96. The summed E-state index contributed by atoms with van der Waals surface area (Å²) in [5.74, 6) is 1.54. The summed E-state index contributed by atoms with van der Waals surface area (Å²) in [7, 11) is 0. The standard InChI is InChI=1S/C16H18N2O2/c1-10-4-7-14(20-10)15(17)12-6-5-11-3-2-8-18-16(19)13(11)9-12/h4-7,9,15H,2-3,8,17H2,1H3,(H,18,19). The van der Waals surface area contributed by atoms with Gasteiger partial charge in [-0.25, -0.2) is 0 Å². The zero-order valence-electron chi connectivity index (χ0n) is 11.5. The molecule has 0 saturated heterocycles. The monoisotopic (exact) mass is 270 g/mol. The minimum Gasteiger partial charge on any atom is -0.464 e. The second-order valence-electron chi connectivity index (χ2n) is 5.20.